The number of aliphatic imine (C=N–C) groups is 1. The molecule has 6 nitrogen and oxygen atoms in total. The summed E-state index contributed by atoms with van der Waals surface area (Å²) in [6, 6.07) is 17.2. The fourth-order valence-electron chi connectivity index (χ4n) is 3.67. The number of hydrogen-bond donors (Lipinski definition) is 0. The molecule has 0 bridgehead atoms. The Morgan fingerprint density at radius 2 is 1.94 bits per heavy atom. The first-order valence-electron chi connectivity index (χ1n) is 10.9. The molecule has 2 aromatic carbocycles. The van der Waals surface area contributed by atoms with Crippen LogP contribution >= 0.6 is 34.7 Å². The van der Waals surface area contributed by atoms with Gasteiger partial charge in [-0.3, -0.25) is 4.99 Å². The Kier molecular flexibility index (Phi) is 6.63. The van der Waals surface area contributed by atoms with Crippen LogP contribution in [0, 0.1) is 6.92 Å². The van der Waals surface area contributed by atoms with Gasteiger partial charge < -0.3 is 9.47 Å². The minimum absolute atomic E-state index is 0.103. The zero-order chi connectivity index (χ0) is 23.7. The molecular formula is C25H22ClN3O3S2. The number of carbonyl (C=O) groups excluding carboxylic acids is 1. The Balaban J connectivity index is 1.22. The fraction of sp³-hybridized carbons (Fsp3) is 0.240. The summed E-state index contributed by atoms with van der Waals surface area (Å²) in [6.07, 6.45) is 0. The van der Waals surface area contributed by atoms with Gasteiger partial charge in [0, 0.05) is 16.0 Å². The Hall–Kier alpha value is -2.81. The monoisotopic (exact) mass is 511 g/mol. The summed E-state index contributed by atoms with van der Waals surface area (Å²) in [5.74, 6) is 0.524. The Labute approximate surface area is 210 Å². The summed E-state index contributed by atoms with van der Waals surface area (Å²) < 4.78 is 13.0. The van der Waals surface area contributed by atoms with Crippen molar-refractivity contribution in [3.8, 4) is 11.4 Å². The number of rotatable bonds is 7. The predicted octanol–water partition coefficient (Wildman–Crippen LogP) is 6.17. The molecule has 0 N–H and O–H groups in total. The average Bonchev–Trinajstić information content (AvgIpc) is 3.56. The van der Waals surface area contributed by atoms with Gasteiger partial charge in [0.25, 0.3) is 0 Å². The zero-order valence-corrected chi connectivity index (χ0v) is 21.0. The first-order valence-corrected chi connectivity index (χ1v) is 13.0. The molecule has 9 heteroatoms. The molecule has 5 rings (SSSR count). The molecule has 0 saturated heterocycles. The topological polar surface area (TPSA) is 65.7 Å². The second kappa shape index (κ2) is 9.82. The summed E-state index contributed by atoms with van der Waals surface area (Å²) in [6.45, 7) is 5.47. The Morgan fingerprint density at radius 3 is 2.68 bits per heavy atom. The van der Waals surface area contributed by atoms with Crippen LogP contribution in [-0.2, 0) is 4.74 Å². The highest BCUT2D eigenvalue weighted by Crippen LogP contribution is 2.32. The van der Waals surface area contributed by atoms with Crippen molar-refractivity contribution in [2.45, 2.75) is 19.1 Å². The molecule has 0 spiro atoms. The highest BCUT2D eigenvalue weighted by atomic mass is 35.5. The molecule has 0 aliphatic carbocycles. The maximum atomic E-state index is 12.8. The highest BCUT2D eigenvalue weighted by molar-refractivity contribution is 8.15. The van der Waals surface area contributed by atoms with Crippen molar-refractivity contribution >= 4 is 55.9 Å². The minimum atomic E-state index is -0.321. The lowest BCUT2D eigenvalue weighted by Gasteiger charge is -2.09. The van der Waals surface area contributed by atoms with E-state index in [1.165, 1.54) is 11.3 Å². The number of aromatic nitrogens is 2. The minimum Gasteiger partial charge on any atom is -0.494 e. The van der Waals surface area contributed by atoms with Gasteiger partial charge in [0.15, 0.2) is 0 Å². The summed E-state index contributed by atoms with van der Waals surface area (Å²) >= 11 is 9.04. The summed E-state index contributed by atoms with van der Waals surface area (Å²) in [5, 5.41) is 7.30. The largest absolute Gasteiger partial charge is 0.494 e. The van der Waals surface area contributed by atoms with Crippen LogP contribution in [0.15, 0.2) is 59.6 Å². The molecule has 2 aromatic heterocycles. The summed E-state index contributed by atoms with van der Waals surface area (Å²) in [7, 11) is 0. The number of hydrogen-bond acceptors (Lipinski definition) is 7. The van der Waals surface area contributed by atoms with Crippen molar-refractivity contribution in [1.82, 2.24) is 9.78 Å². The third kappa shape index (κ3) is 4.71. The number of carbonyl (C=O) groups is 1. The lowest BCUT2D eigenvalue weighted by atomic mass is 10.2. The average molecular weight is 512 g/mol. The molecule has 1 aliphatic heterocycles. The molecule has 174 valence electrons. The van der Waals surface area contributed by atoms with E-state index < -0.39 is 0 Å². The quantitative estimate of drug-likeness (QED) is 0.278. The van der Waals surface area contributed by atoms with Gasteiger partial charge in [-0.05, 0) is 68.4 Å². The molecule has 0 amide bonds. The van der Waals surface area contributed by atoms with Crippen LogP contribution in [0.4, 0.5) is 0 Å². The Morgan fingerprint density at radius 1 is 1.18 bits per heavy atom. The summed E-state index contributed by atoms with van der Waals surface area (Å²) in [4.78, 5) is 18.9. The van der Waals surface area contributed by atoms with Gasteiger partial charge in [0.1, 0.15) is 22.1 Å². The van der Waals surface area contributed by atoms with Gasteiger partial charge in [0.05, 0.1) is 34.8 Å². The first-order chi connectivity index (χ1) is 16.5. The normalized spacial score (nSPS) is 15.5. The van der Waals surface area contributed by atoms with Gasteiger partial charge in [-0.25, -0.2) is 9.48 Å². The predicted molar refractivity (Wildman–Crippen MR) is 139 cm³/mol. The highest BCUT2D eigenvalue weighted by Gasteiger charge is 2.24. The van der Waals surface area contributed by atoms with Crippen molar-refractivity contribution < 1.29 is 14.3 Å². The number of nitrogens with zero attached hydrogens (tertiary/aromatic N) is 3. The third-order valence-corrected chi connectivity index (χ3v) is 7.90. The van der Waals surface area contributed by atoms with E-state index in [0.29, 0.717) is 29.7 Å². The van der Waals surface area contributed by atoms with Crippen LogP contribution in [0.5, 0.6) is 5.75 Å². The van der Waals surface area contributed by atoms with Crippen LogP contribution in [0.1, 0.15) is 27.9 Å². The van der Waals surface area contributed by atoms with E-state index in [4.69, 9.17) is 21.1 Å². The molecule has 0 unspecified atom stereocenters. The van der Waals surface area contributed by atoms with E-state index in [1.54, 1.807) is 11.8 Å². The van der Waals surface area contributed by atoms with Crippen molar-refractivity contribution in [1.29, 1.82) is 0 Å². The van der Waals surface area contributed by atoms with Crippen LogP contribution in [0.3, 0.4) is 0 Å². The van der Waals surface area contributed by atoms with Gasteiger partial charge in [-0.1, -0.05) is 23.4 Å². The van der Waals surface area contributed by atoms with E-state index in [1.807, 2.05) is 73.1 Å². The van der Waals surface area contributed by atoms with Crippen molar-refractivity contribution in [3.05, 3.63) is 75.8 Å². The standard InChI is InChI=1S/C25H22ClN3O3S2/c1-3-31-19-10-4-16(5-11-19)23-27-13-20(33-23)14-32-25(30)22-12-21-15(2)28-29(24(21)34-22)18-8-6-17(26)7-9-18/h4-12,20H,3,13-14H2,1-2H3/t20-/m0/s1. The van der Waals surface area contributed by atoms with Crippen molar-refractivity contribution in [2.75, 3.05) is 19.8 Å². The van der Waals surface area contributed by atoms with E-state index in [2.05, 4.69) is 10.1 Å². The molecule has 0 fully saturated rings. The van der Waals surface area contributed by atoms with Crippen molar-refractivity contribution in [2.24, 2.45) is 4.99 Å². The van der Waals surface area contributed by atoms with Crippen LogP contribution < -0.4 is 4.74 Å². The van der Waals surface area contributed by atoms with E-state index in [9.17, 15) is 4.79 Å². The van der Waals surface area contributed by atoms with Gasteiger partial charge >= 0.3 is 5.97 Å². The second-order valence-electron chi connectivity index (χ2n) is 7.74. The summed E-state index contributed by atoms with van der Waals surface area (Å²) in [5.41, 5.74) is 2.81. The van der Waals surface area contributed by atoms with E-state index in [0.717, 1.165) is 38.0 Å². The van der Waals surface area contributed by atoms with Gasteiger partial charge in [0.2, 0.25) is 0 Å². The molecule has 0 saturated carbocycles. The number of fused-ring (bicyclic) bond motifs is 1. The maximum Gasteiger partial charge on any atom is 0.348 e. The lowest BCUT2D eigenvalue weighted by molar-refractivity contribution is 0.0515. The van der Waals surface area contributed by atoms with E-state index >= 15 is 0 Å². The smallest absolute Gasteiger partial charge is 0.348 e. The van der Waals surface area contributed by atoms with Crippen LogP contribution in [-0.4, -0.2) is 45.8 Å². The Bertz CT molecular complexity index is 1360. The maximum absolute atomic E-state index is 12.8. The molecule has 0 radical (unpaired) electrons. The fourth-order valence-corrected chi connectivity index (χ4v) is 5.89. The number of benzene rings is 2. The molecular weight excluding hydrogens is 490 g/mol. The number of aryl methyl sites for hydroxylation is 1. The lowest BCUT2D eigenvalue weighted by Crippen LogP contribution is -2.16. The SMILES string of the molecule is CCOc1ccc(C2=NC[C@@H](COC(=O)c3cc4c(C)nn(-c5ccc(Cl)cc5)c4s3)S2)cc1. The van der Waals surface area contributed by atoms with Crippen molar-refractivity contribution in [3.63, 3.8) is 0 Å². The van der Waals surface area contributed by atoms with E-state index in [-0.39, 0.29) is 11.2 Å². The number of esters is 1. The molecule has 1 aliphatic rings. The number of ether oxygens (including phenoxy) is 2. The number of halogens is 1. The van der Waals surface area contributed by atoms with Crippen LogP contribution in [0.2, 0.25) is 5.02 Å². The first kappa shape index (κ1) is 23.0. The molecule has 4 aromatic rings. The second-order valence-corrected chi connectivity index (χ2v) is 10.5. The van der Waals surface area contributed by atoms with Gasteiger partial charge in [-0.15, -0.1) is 11.3 Å². The van der Waals surface area contributed by atoms with Gasteiger partial charge in [-0.2, -0.15) is 5.10 Å². The third-order valence-electron chi connectivity index (χ3n) is 5.35. The number of thiophene rings is 1. The molecule has 3 heterocycles. The zero-order valence-electron chi connectivity index (χ0n) is 18.7. The van der Waals surface area contributed by atoms with Crippen LogP contribution in [0.25, 0.3) is 15.9 Å². The molecule has 1 atom stereocenters. The molecule has 34 heavy (non-hydrogen) atoms. The number of thioether (sulfide) groups is 1.